The SMILES string of the molecule is COc1ccc([C@@H]2CC(=O)c3c([nH]c(C(=O)O[C@@H]4CCC[C@@H]4C)c3C)C2)cc1. The molecule has 0 amide bonds. The minimum absolute atomic E-state index is 0.0185. The van der Waals surface area contributed by atoms with Gasteiger partial charge in [-0.15, -0.1) is 0 Å². The van der Waals surface area contributed by atoms with E-state index in [2.05, 4.69) is 11.9 Å². The number of hydrogen-bond acceptors (Lipinski definition) is 4. The number of fused-ring (bicyclic) bond motifs is 1. The summed E-state index contributed by atoms with van der Waals surface area (Å²) in [5, 5.41) is 0. The van der Waals surface area contributed by atoms with Crippen molar-refractivity contribution in [3.05, 3.63) is 52.3 Å². The standard InChI is InChI=1S/C23H27NO4/c1-13-5-4-6-20(13)28-23(26)22-14(2)21-18(24-22)11-16(12-19(21)25)15-7-9-17(27-3)10-8-15/h7-10,13,16,20,24H,4-6,11-12H2,1-3H3/t13-,16-,20+/m0/s1. The minimum Gasteiger partial charge on any atom is -0.497 e. The third-order valence-corrected chi connectivity index (χ3v) is 6.32. The Bertz CT molecular complexity index is 896. The van der Waals surface area contributed by atoms with E-state index in [-0.39, 0.29) is 23.8 Å². The summed E-state index contributed by atoms with van der Waals surface area (Å²) in [4.78, 5) is 28.8. The Balaban J connectivity index is 1.56. The molecule has 0 spiro atoms. The summed E-state index contributed by atoms with van der Waals surface area (Å²) in [7, 11) is 1.64. The molecule has 3 atom stereocenters. The van der Waals surface area contributed by atoms with E-state index in [0.29, 0.717) is 30.0 Å². The molecule has 1 heterocycles. The Morgan fingerprint density at radius 1 is 1.14 bits per heavy atom. The Hall–Kier alpha value is -2.56. The fourth-order valence-corrected chi connectivity index (χ4v) is 4.63. The monoisotopic (exact) mass is 381 g/mol. The van der Waals surface area contributed by atoms with E-state index >= 15 is 0 Å². The fraction of sp³-hybridized carbons (Fsp3) is 0.478. The average molecular weight is 381 g/mol. The van der Waals surface area contributed by atoms with Crippen molar-refractivity contribution in [3.63, 3.8) is 0 Å². The molecule has 5 nitrogen and oxygen atoms in total. The molecule has 1 fully saturated rings. The van der Waals surface area contributed by atoms with Crippen LogP contribution in [-0.2, 0) is 11.2 Å². The molecule has 148 valence electrons. The van der Waals surface area contributed by atoms with Crippen LogP contribution in [0.2, 0.25) is 0 Å². The van der Waals surface area contributed by atoms with Crippen molar-refractivity contribution in [2.45, 2.75) is 58.0 Å². The van der Waals surface area contributed by atoms with Gasteiger partial charge in [0.05, 0.1) is 7.11 Å². The first-order valence-electron chi connectivity index (χ1n) is 10.1. The van der Waals surface area contributed by atoms with Crippen molar-refractivity contribution in [1.82, 2.24) is 4.98 Å². The quantitative estimate of drug-likeness (QED) is 0.787. The van der Waals surface area contributed by atoms with Gasteiger partial charge in [0.25, 0.3) is 0 Å². The molecule has 0 unspecified atom stereocenters. The van der Waals surface area contributed by atoms with E-state index < -0.39 is 0 Å². The number of ether oxygens (including phenoxy) is 2. The van der Waals surface area contributed by atoms with Gasteiger partial charge in [0.1, 0.15) is 17.5 Å². The maximum Gasteiger partial charge on any atom is 0.355 e. The van der Waals surface area contributed by atoms with Gasteiger partial charge in [-0.05, 0) is 67.7 Å². The number of carbonyl (C=O) groups is 2. The molecule has 1 N–H and O–H groups in total. The second-order valence-electron chi connectivity index (χ2n) is 8.13. The molecule has 0 bridgehead atoms. The summed E-state index contributed by atoms with van der Waals surface area (Å²) >= 11 is 0. The van der Waals surface area contributed by atoms with E-state index in [1.165, 1.54) is 0 Å². The molecule has 0 radical (unpaired) electrons. The molecule has 5 heteroatoms. The fourth-order valence-electron chi connectivity index (χ4n) is 4.63. The van der Waals surface area contributed by atoms with Crippen LogP contribution < -0.4 is 4.74 Å². The van der Waals surface area contributed by atoms with Crippen LogP contribution in [0.4, 0.5) is 0 Å². The summed E-state index contributed by atoms with van der Waals surface area (Å²) < 4.78 is 11.0. The second kappa shape index (κ2) is 7.46. The third kappa shape index (κ3) is 3.34. The number of methoxy groups -OCH3 is 1. The topological polar surface area (TPSA) is 68.4 Å². The minimum atomic E-state index is -0.334. The highest BCUT2D eigenvalue weighted by Gasteiger charge is 2.34. The molecular weight excluding hydrogens is 354 g/mol. The highest BCUT2D eigenvalue weighted by Crippen LogP contribution is 2.36. The predicted octanol–water partition coefficient (Wildman–Crippen LogP) is 4.59. The van der Waals surface area contributed by atoms with E-state index in [9.17, 15) is 9.59 Å². The van der Waals surface area contributed by atoms with Gasteiger partial charge < -0.3 is 14.5 Å². The maximum absolute atomic E-state index is 12.8. The van der Waals surface area contributed by atoms with Crippen LogP contribution in [0, 0.1) is 12.8 Å². The molecule has 4 rings (SSSR count). The lowest BCUT2D eigenvalue weighted by atomic mass is 9.81. The molecule has 28 heavy (non-hydrogen) atoms. The Kier molecular flexibility index (Phi) is 5.00. The first kappa shape index (κ1) is 18.8. The normalized spacial score (nSPS) is 24.1. The highest BCUT2D eigenvalue weighted by molar-refractivity contribution is 6.03. The number of H-pyrrole nitrogens is 1. The molecular formula is C23H27NO4. The number of esters is 1. The number of nitrogens with one attached hydrogen (secondary N) is 1. The van der Waals surface area contributed by atoms with Gasteiger partial charge in [-0.25, -0.2) is 4.79 Å². The molecule has 0 saturated heterocycles. The zero-order chi connectivity index (χ0) is 19.8. The zero-order valence-electron chi connectivity index (χ0n) is 16.7. The highest BCUT2D eigenvalue weighted by atomic mass is 16.5. The number of rotatable bonds is 4. The van der Waals surface area contributed by atoms with Crippen LogP contribution >= 0.6 is 0 Å². The lowest BCUT2D eigenvalue weighted by Gasteiger charge is -2.22. The largest absolute Gasteiger partial charge is 0.497 e. The molecule has 2 aliphatic rings. The molecule has 2 aromatic rings. The Morgan fingerprint density at radius 2 is 1.89 bits per heavy atom. The van der Waals surface area contributed by atoms with E-state index in [1.807, 2.05) is 31.2 Å². The van der Waals surface area contributed by atoms with Gasteiger partial charge in [-0.1, -0.05) is 19.1 Å². The Morgan fingerprint density at radius 3 is 2.54 bits per heavy atom. The molecule has 1 aromatic carbocycles. The smallest absolute Gasteiger partial charge is 0.355 e. The summed E-state index contributed by atoms with van der Waals surface area (Å²) in [5.41, 5.74) is 3.80. The number of hydrogen-bond donors (Lipinski definition) is 1. The summed E-state index contributed by atoms with van der Waals surface area (Å²) in [5.74, 6) is 1.05. The molecule has 1 aromatic heterocycles. The number of carbonyl (C=O) groups excluding carboxylic acids is 2. The lowest BCUT2D eigenvalue weighted by Crippen LogP contribution is -2.21. The lowest BCUT2D eigenvalue weighted by molar-refractivity contribution is 0.0219. The first-order valence-corrected chi connectivity index (χ1v) is 10.1. The van der Waals surface area contributed by atoms with Crippen molar-refractivity contribution in [1.29, 1.82) is 0 Å². The zero-order valence-corrected chi connectivity index (χ0v) is 16.7. The average Bonchev–Trinajstić information content (AvgIpc) is 3.25. The summed E-state index contributed by atoms with van der Waals surface area (Å²) in [6.45, 7) is 3.97. The molecule has 2 aliphatic carbocycles. The van der Waals surface area contributed by atoms with Crippen molar-refractivity contribution in [3.8, 4) is 5.75 Å². The maximum atomic E-state index is 12.8. The van der Waals surface area contributed by atoms with Gasteiger partial charge in [-0.2, -0.15) is 0 Å². The molecule has 1 saturated carbocycles. The number of Topliss-reactive ketones (excluding diaryl/α,β-unsaturated/α-hetero) is 1. The van der Waals surface area contributed by atoms with Gasteiger partial charge in [0, 0.05) is 17.7 Å². The summed E-state index contributed by atoms with van der Waals surface area (Å²) in [6.07, 6.45) is 4.26. The predicted molar refractivity (Wildman–Crippen MR) is 106 cm³/mol. The summed E-state index contributed by atoms with van der Waals surface area (Å²) in [6, 6.07) is 7.85. The van der Waals surface area contributed by atoms with Gasteiger partial charge in [0.15, 0.2) is 5.78 Å². The Labute approximate surface area is 165 Å². The van der Waals surface area contributed by atoms with Gasteiger partial charge in [-0.3, -0.25) is 4.79 Å². The van der Waals surface area contributed by atoms with Crippen LogP contribution in [0.5, 0.6) is 5.75 Å². The van der Waals surface area contributed by atoms with Crippen LogP contribution in [-0.4, -0.2) is 30.0 Å². The number of aromatic nitrogens is 1. The van der Waals surface area contributed by atoms with Crippen LogP contribution in [0.15, 0.2) is 24.3 Å². The van der Waals surface area contributed by atoms with Crippen molar-refractivity contribution < 1.29 is 19.1 Å². The molecule has 0 aliphatic heterocycles. The number of benzene rings is 1. The van der Waals surface area contributed by atoms with Gasteiger partial charge in [0.2, 0.25) is 0 Å². The van der Waals surface area contributed by atoms with Crippen molar-refractivity contribution in [2.24, 2.45) is 5.92 Å². The second-order valence-corrected chi connectivity index (χ2v) is 8.13. The van der Waals surface area contributed by atoms with E-state index in [4.69, 9.17) is 9.47 Å². The van der Waals surface area contributed by atoms with Gasteiger partial charge >= 0.3 is 5.97 Å². The first-order chi connectivity index (χ1) is 13.5. The van der Waals surface area contributed by atoms with E-state index in [0.717, 1.165) is 41.8 Å². The number of ketones is 1. The van der Waals surface area contributed by atoms with Crippen molar-refractivity contribution in [2.75, 3.05) is 7.11 Å². The van der Waals surface area contributed by atoms with E-state index in [1.54, 1.807) is 7.11 Å². The number of aromatic amines is 1. The van der Waals surface area contributed by atoms with Crippen molar-refractivity contribution >= 4 is 11.8 Å². The van der Waals surface area contributed by atoms with Crippen LogP contribution in [0.1, 0.15) is 76.2 Å². The van der Waals surface area contributed by atoms with Crippen LogP contribution in [0.25, 0.3) is 0 Å². The third-order valence-electron chi connectivity index (χ3n) is 6.32. The van der Waals surface area contributed by atoms with Crippen LogP contribution in [0.3, 0.4) is 0 Å².